The molecule has 23 heavy (non-hydrogen) atoms. The highest BCUT2D eigenvalue weighted by Crippen LogP contribution is 2.32. The molecule has 0 radical (unpaired) electrons. The van der Waals surface area contributed by atoms with E-state index in [2.05, 4.69) is 20.2 Å². The van der Waals surface area contributed by atoms with E-state index in [0.717, 1.165) is 46.6 Å². The van der Waals surface area contributed by atoms with Crippen LogP contribution in [0.25, 0.3) is 22.2 Å². The van der Waals surface area contributed by atoms with Crippen molar-refractivity contribution in [2.24, 2.45) is 0 Å². The molecule has 0 unspecified atom stereocenters. The summed E-state index contributed by atoms with van der Waals surface area (Å²) in [5, 5.41) is 4.33. The van der Waals surface area contributed by atoms with Crippen molar-refractivity contribution >= 4 is 16.9 Å². The molecular weight excluding hydrogens is 291 g/mol. The van der Waals surface area contributed by atoms with Gasteiger partial charge in [0.1, 0.15) is 17.3 Å². The SMILES string of the molecule is Cc1ccc(F)cc1-c1cc(NCCN(C)C)nc2[nH]ccc12. The van der Waals surface area contributed by atoms with Gasteiger partial charge in [-0.25, -0.2) is 9.37 Å². The average Bonchev–Trinajstić information content (AvgIpc) is 2.97. The Bertz CT molecular complexity index is 823. The zero-order valence-corrected chi connectivity index (χ0v) is 13.7. The second kappa shape index (κ2) is 6.38. The van der Waals surface area contributed by atoms with E-state index < -0.39 is 0 Å². The number of H-pyrrole nitrogens is 1. The van der Waals surface area contributed by atoms with E-state index in [1.807, 2.05) is 45.4 Å². The molecule has 0 saturated carbocycles. The monoisotopic (exact) mass is 312 g/mol. The fourth-order valence-electron chi connectivity index (χ4n) is 2.64. The number of anilines is 1. The average molecular weight is 312 g/mol. The molecule has 0 amide bonds. The van der Waals surface area contributed by atoms with Crippen molar-refractivity contribution in [3.63, 3.8) is 0 Å². The topological polar surface area (TPSA) is 44.0 Å². The van der Waals surface area contributed by atoms with Gasteiger partial charge in [-0.3, -0.25) is 0 Å². The van der Waals surface area contributed by atoms with Gasteiger partial charge in [-0.1, -0.05) is 6.07 Å². The summed E-state index contributed by atoms with van der Waals surface area (Å²) in [6.07, 6.45) is 1.86. The number of aromatic nitrogens is 2. The van der Waals surface area contributed by atoms with Crippen molar-refractivity contribution in [1.29, 1.82) is 0 Å². The Hall–Kier alpha value is -2.40. The van der Waals surface area contributed by atoms with Crippen molar-refractivity contribution < 1.29 is 4.39 Å². The highest BCUT2D eigenvalue weighted by Gasteiger charge is 2.11. The number of rotatable bonds is 5. The van der Waals surface area contributed by atoms with Crippen molar-refractivity contribution in [3.8, 4) is 11.1 Å². The Morgan fingerprint density at radius 3 is 2.78 bits per heavy atom. The molecule has 2 N–H and O–H groups in total. The van der Waals surface area contributed by atoms with Crippen molar-refractivity contribution in [1.82, 2.24) is 14.9 Å². The first kappa shape index (κ1) is 15.5. The predicted octanol–water partition coefficient (Wildman–Crippen LogP) is 3.65. The number of nitrogens with one attached hydrogen (secondary N) is 2. The van der Waals surface area contributed by atoms with E-state index in [-0.39, 0.29) is 5.82 Å². The maximum absolute atomic E-state index is 13.7. The van der Waals surface area contributed by atoms with Crippen LogP contribution in [0.2, 0.25) is 0 Å². The Labute approximate surface area is 135 Å². The van der Waals surface area contributed by atoms with Gasteiger partial charge in [-0.05, 0) is 62.0 Å². The number of halogens is 1. The van der Waals surface area contributed by atoms with Crippen LogP contribution in [0.3, 0.4) is 0 Å². The lowest BCUT2D eigenvalue weighted by Gasteiger charge is -2.13. The van der Waals surface area contributed by atoms with Gasteiger partial charge >= 0.3 is 0 Å². The number of aromatic amines is 1. The molecule has 4 nitrogen and oxygen atoms in total. The maximum Gasteiger partial charge on any atom is 0.140 e. The lowest BCUT2D eigenvalue weighted by molar-refractivity contribution is 0.425. The van der Waals surface area contributed by atoms with Crippen LogP contribution in [0.1, 0.15) is 5.56 Å². The van der Waals surface area contributed by atoms with Crippen LogP contribution in [-0.2, 0) is 0 Å². The zero-order chi connectivity index (χ0) is 16.4. The molecule has 0 atom stereocenters. The molecule has 0 aliphatic heterocycles. The molecule has 0 fully saturated rings. The van der Waals surface area contributed by atoms with Crippen LogP contribution < -0.4 is 5.32 Å². The van der Waals surface area contributed by atoms with Crippen LogP contribution in [0.5, 0.6) is 0 Å². The number of benzene rings is 1. The molecule has 120 valence electrons. The number of hydrogen-bond donors (Lipinski definition) is 2. The molecule has 1 aromatic carbocycles. The number of aryl methyl sites for hydroxylation is 1. The molecule has 0 bridgehead atoms. The summed E-state index contributed by atoms with van der Waals surface area (Å²) in [4.78, 5) is 9.85. The van der Waals surface area contributed by atoms with Crippen molar-refractivity contribution in [3.05, 3.63) is 47.9 Å². The van der Waals surface area contributed by atoms with Crippen molar-refractivity contribution in [2.75, 3.05) is 32.5 Å². The van der Waals surface area contributed by atoms with Crippen LogP contribution in [0.4, 0.5) is 10.2 Å². The van der Waals surface area contributed by atoms with Crippen molar-refractivity contribution in [2.45, 2.75) is 6.92 Å². The third kappa shape index (κ3) is 3.35. The highest BCUT2D eigenvalue weighted by atomic mass is 19.1. The summed E-state index contributed by atoms with van der Waals surface area (Å²) in [7, 11) is 4.07. The molecule has 0 aliphatic carbocycles. The predicted molar refractivity (Wildman–Crippen MR) is 93.3 cm³/mol. The lowest BCUT2D eigenvalue weighted by Crippen LogP contribution is -2.21. The van der Waals surface area contributed by atoms with Gasteiger partial charge < -0.3 is 15.2 Å². The zero-order valence-electron chi connectivity index (χ0n) is 13.7. The summed E-state index contributed by atoms with van der Waals surface area (Å²) in [6.45, 7) is 3.71. The van der Waals surface area contributed by atoms with E-state index in [4.69, 9.17) is 0 Å². The molecule has 3 aromatic rings. The van der Waals surface area contributed by atoms with Gasteiger partial charge in [0.2, 0.25) is 0 Å². The minimum Gasteiger partial charge on any atom is -0.369 e. The first-order valence-electron chi connectivity index (χ1n) is 7.68. The number of nitrogens with zero attached hydrogens (tertiary/aromatic N) is 2. The Kier molecular flexibility index (Phi) is 4.30. The van der Waals surface area contributed by atoms with Gasteiger partial charge in [-0.2, -0.15) is 0 Å². The van der Waals surface area contributed by atoms with Crippen LogP contribution in [-0.4, -0.2) is 42.1 Å². The van der Waals surface area contributed by atoms with Gasteiger partial charge in [0.25, 0.3) is 0 Å². The summed E-state index contributed by atoms with van der Waals surface area (Å²) < 4.78 is 13.7. The van der Waals surface area contributed by atoms with E-state index in [1.54, 1.807) is 6.07 Å². The minimum atomic E-state index is -0.229. The lowest BCUT2D eigenvalue weighted by atomic mass is 9.98. The van der Waals surface area contributed by atoms with Crippen LogP contribution in [0.15, 0.2) is 36.5 Å². The number of fused-ring (bicyclic) bond motifs is 1. The smallest absolute Gasteiger partial charge is 0.140 e. The molecule has 3 rings (SSSR count). The fourth-order valence-corrected chi connectivity index (χ4v) is 2.64. The summed E-state index contributed by atoms with van der Waals surface area (Å²) in [5.41, 5.74) is 3.73. The highest BCUT2D eigenvalue weighted by molar-refractivity contribution is 5.95. The first-order chi connectivity index (χ1) is 11.0. The third-order valence-electron chi connectivity index (χ3n) is 3.88. The van der Waals surface area contributed by atoms with E-state index in [0.29, 0.717) is 0 Å². The van der Waals surface area contributed by atoms with Crippen LogP contribution in [0, 0.1) is 12.7 Å². The standard InChI is InChI=1S/C18H21FN4/c1-12-4-5-13(19)10-15(12)16-11-17(20-8-9-23(2)3)22-18-14(16)6-7-21-18/h4-7,10-11H,8-9H2,1-3H3,(H2,20,21,22). The normalized spacial score (nSPS) is 11.3. The van der Waals surface area contributed by atoms with Gasteiger partial charge in [0.15, 0.2) is 0 Å². The Morgan fingerprint density at radius 1 is 1.17 bits per heavy atom. The molecule has 0 spiro atoms. The summed E-state index contributed by atoms with van der Waals surface area (Å²) in [6, 6.07) is 8.85. The number of pyridine rings is 1. The molecular formula is C18H21FN4. The fraction of sp³-hybridized carbons (Fsp3) is 0.278. The second-order valence-electron chi connectivity index (χ2n) is 5.98. The molecule has 5 heteroatoms. The summed E-state index contributed by atoms with van der Waals surface area (Å²) >= 11 is 0. The second-order valence-corrected chi connectivity index (χ2v) is 5.98. The van der Waals surface area contributed by atoms with Gasteiger partial charge in [0, 0.05) is 24.7 Å². The largest absolute Gasteiger partial charge is 0.369 e. The molecule has 0 aliphatic rings. The van der Waals surface area contributed by atoms with Gasteiger partial charge in [0.05, 0.1) is 0 Å². The molecule has 2 aromatic heterocycles. The first-order valence-corrected chi connectivity index (χ1v) is 7.68. The number of likely N-dealkylation sites (N-methyl/N-ethyl adjacent to an activating group) is 1. The Morgan fingerprint density at radius 2 is 2.00 bits per heavy atom. The van der Waals surface area contributed by atoms with E-state index in [1.165, 1.54) is 6.07 Å². The number of hydrogen-bond acceptors (Lipinski definition) is 3. The van der Waals surface area contributed by atoms with Gasteiger partial charge in [-0.15, -0.1) is 0 Å². The quantitative estimate of drug-likeness (QED) is 0.756. The minimum absolute atomic E-state index is 0.229. The maximum atomic E-state index is 13.7. The van der Waals surface area contributed by atoms with Crippen LogP contribution >= 0.6 is 0 Å². The molecule has 2 heterocycles. The molecule has 0 saturated heterocycles. The Balaban J connectivity index is 2.04. The van der Waals surface area contributed by atoms with E-state index in [9.17, 15) is 4.39 Å². The van der Waals surface area contributed by atoms with E-state index >= 15 is 0 Å². The third-order valence-corrected chi connectivity index (χ3v) is 3.88. The summed E-state index contributed by atoms with van der Waals surface area (Å²) in [5.74, 6) is 0.564.